The molecule has 0 saturated heterocycles. The first-order chi connectivity index (χ1) is 9.66. The van der Waals surface area contributed by atoms with Crippen LogP contribution in [0.1, 0.15) is 15.2 Å². The van der Waals surface area contributed by atoms with Gasteiger partial charge in [-0.15, -0.1) is 11.3 Å². The molecule has 0 bridgehead atoms. The molecular formula is C15H7NO3S. The summed E-state index contributed by atoms with van der Waals surface area (Å²) in [6, 6.07) is 12.1. The molecule has 0 amide bonds. The normalized spacial score (nSPS) is 12.5. The molecule has 2 aromatic carbocycles. The maximum atomic E-state index is 12.4. The maximum Gasteiger partial charge on any atom is 0.270 e. The molecule has 0 unspecified atom stereocenters. The summed E-state index contributed by atoms with van der Waals surface area (Å²) >= 11 is 1.40. The molecule has 0 atom stereocenters. The Morgan fingerprint density at radius 1 is 1.05 bits per heavy atom. The van der Waals surface area contributed by atoms with Crippen LogP contribution in [0.15, 0.2) is 42.5 Å². The third kappa shape index (κ3) is 1.32. The van der Waals surface area contributed by atoms with Crippen LogP contribution in [0.5, 0.6) is 0 Å². The SMILES string of the molecule is O=C1c2ccccc2-c2c1sc1ccc([N+](=O)[O-])cc21. The summed E-state index contributed by atoms with van der Waals surface area (Å²) in [6.45, 7) is 0. The van der Waals surface area contributed by atoms with Gasteiger partial charge in [0.2, 0.25) is 5.78 Å². The first-order valence-corrected chi connectivity index (χ1v) is 6.83. The average Bonchev–Trinajstić information content (AvgIpc) is 2.96. The van der Waals surface area contributed by atoms with Gasteiger partial charge < -0.3 is 0 Å². The Bertz CT molecular complexity index is 911. The van der Waals surface area contributed by atoms with Crippen molar-refractivity contribution in [1.29, 1.82) is 0 Å². The predicted molar refractivity (Wildman–Crippen MR) is 77.3 cm³/mol. The first kappa shape index (κ1) is 11.3. The highest BCUT2D eigenvalue weighted by molar-refractivity contribution is 7.22. The van der Waals surface area contributed by atoms with Crippen LogP contribution in [0.4, 0.5) is 5.69 Å². The van der Waals surface area contributed by atoms with E-state index in [-0.39, 0.29) is 11.5 Å². The average molecular weight is 281 g/mol. The summed E-state index contributed by atoms with van der Waals surface area (Å²) in [7, 11) is 0. The fourth-order valence-electron chi connectivity index (χ4n) is 2.65. The number of hydrogen-bond donors (Lipinski definition) is 0. The molecule has 1 aromatic heterocycles. The highest BCUT2D eigenvalue weighted by Gasteiger charge is 2.31. The van der Waals surface area contributed by atoms with Gasteiger partial charge in [0.1, 0.15) is 0 Å². The summed E-state index contributed by atoms with van der Waals surface area (Å²) in [5, 5.41) is 11.7. The number of fused-ring (bicyclic) bond motifs is 5. The second kappa shape index (κ2) is 3.74. The lowest BCUT2D eigenvalue weighted by Gasteiger charge is -1.99. The Kier molecular flexibility index (Phi) is 2.11. The number of benzene rings is 2. The molecule has 0 aliphatic heterocycles. The lowest BCUT2D eigenvalue weighted by Crippen LogP contribution is -1.91. The molecule has 1 aliphatic rings. The molecule has 3 aromatic rings. The summed E-state index contributed by atoms with van der Waals surface area (Å²) < 4.78 is 0.906. The van der Waals surface area contributed by atoms with Crippen LogP contribution < -0.4 is 0 Å². The van der Waals surface area contributed by atoms with Crippen LogP contribution >= 0.6 is 11.3 Å². The van der Waals surface area contributed by atoms with Crippen molar-refractivity contribution in [3.8, 4) is 11.1 Å². The van der Waals surface area contributed by atoms with Gasteiger partial charge in [-0.2, -0.15) is 0 Å². The molecule has 0 radical (unpaired) electrons. The van der Waals surface area contributed by atoms with Crippen LogP contribution in [0.25, 0.3) is 21.2 Å². The van der Waals surface area contributed by atoms with Crippen LogP contribution in [-0.2, 0) is 0 Å². The minimum Gasteiger partial charge on any atom is -0.288 e. The zero-order valence-corrected chi connectivity index (χ0v) is 10.9. The largest absolute Gasteiger partial charge is 0.288 e. The predicted octanol–water partition coefficient (Wildman–Crippen LogP) is 4.02. The van der Waals surface area contributed by atoms with Gasteiger partial charge in [-0.05, 0) is 11.6 Å². The van der Waals surface area contributed by atoms with E-state index in [9.17, 15) is 14.9 Å². The van der Waals surface area contributed by atoms with Gasteiger partial charge in [0.15, 0.2) is 0 Å². The highest BCUT2D eigenvalue weighted by atomic mass is 32.1. The summed E-state index contributed by atoms with van der Waals surface area (Å²) in [5.74, 6) is 0.0134. The van der Waals surface area contributed by atoms with Crippen LogP contribution in [0, 0.1) is 10.1 Å². The topological polar surface area (TPSA) is 60.2 Å². The van der Waals surface area contributed by atoms with Crippen molar-refractivity contribution in [2.45, 2.75) is 0 Å². The maximum absolute atomic E-state index is 12.4. The van der Waals surface area contributed by atoms with Gasteiger partial charge >= 0.3 is 0 Å². The Labute approximate surface area is 117 Å². The van der Waals surface area contributed by atoms with E-state index in [1.165, 1.54) is 17.4 Å². The second-order valence-corrected chi connectivity index (χ2v) is 5.67. The number of rotatable bonds is 1. The molecule has 96 valence electrons. The van der Waals surface area contributed by atoms with E-state index in [1.54, 1.807) is 18.2 Å². The molecule has 0 fully saturated rings. The number of non-ortho nitro benzene ring substituents is 1. The smallest absolute Gasteiger partial charge is 0.270 e. The molecule has 1 aliphatic carbocycles. The number of thiophene rings is 1. The lowest BCUT2D eigenvalue weighted by atomic mass is 10.0. The molecule has 20 heavy (non-hydrogen) atoms. The summed E-state index contributed by atoms with van der Waals surface area (Å²) in [6.07, 6.45) is 0. The van der Waals surface area contributed by atoms with Gasteiger partial charge in [-0.1, -0.05) is 24.3 Å². The first-order valence-electron chi connectivity index (χ1n) is 6.02. The molecular weight excluding hydrogens is 274 g/mol. The number of nitro benzene ring substituents is 1. The number of carbonyl (C=O) groups excluding carboxylic acids is 1. The molecule has 0 saturated carbocycles. The van der Waals surface area contributed by atoms with E-state index in [4.69, 9.17) is 0 Å². The molecule has 0 spiro atoms. The van der Waals surface area contributed by atoms with E-state index in [2.05, 4.69) is 0 Å². The quantitative estimate of drug-likeness (QED) is 0.391. The lowest BCUT2D eigenvalue weighted by molar-refractivity contribution is -0.384. The van der Waals surface area contributed by atoms with Crippen molar-refractivity contribution in [2.24, 2.45) is 0 Å². The third-order valence-corrected chi connectivity index (χ3v) is 4.70. The number of nitro groups is 1. The van der Waals surface area contributed by atoms with E-state index in [0.717, 1.165) is 21.2 Å². The van der Waals surface area contributed by atoms with Crippen LogP contribution in [-0.4, -0.2) is 10.7 Å². The minimum absolute atomic E-state index is 0.0134. The molecule has 1 heterocycles. The van der Waals surface area contributed by atoms with Crippen LogP contribution in [0.3, 0.4) is 0 Å². The monoisotopic (exact) mass is 281 g/mol. The van der Waals surface area contributed by atoms with Gasteiger partial charge in [0.05, 0.1) is 9.80 Å². The fourth-order valence-corrected chi connectivity index (χ4v) is 3.80. The van der Waals surface area contributed by atoms with E-state index < -0.39 is 4.92 Å². The van der Waals surface area contributed by atoms with Crippen molar-refractivity contribution in [3.63, 3.8) is 0 Å². The Balaban J connectivity index is 2.12. The molecule has 0 N–H and O–H groups in total. The standard InChI is InChI=1S/C15H7NO3S/c17-14-10-4-2-1-3-9(10)13-11-7-8(16(18)19)5-6-12(11)20-15(13)14/h1-7H. The third-order valence-electron chi connectivity index (χ3n) is 3.53. The summed E-state index contributed by atoms with van der Waals surface area (Å²) in [4.78, 5) is 23.5. The van der Waals surface area contributed by atoms with Gasteiger partial charge in [0.25, 0.3) is 5.69 Å². The van der Waals surface area contributed by atoms with Crippen molar-refractivity contribution >= 4 is 32.9 Å². The van der Waals surface area contributed by atoms with Gasteiger partial charge in [-0.3, -0.25) is 14.9 Å². The zero-order chi connectivity index (χ0) is 13.9. The van der Waals surface area contributed by atoms with E-state index in [0.29, 0.717) is 10.4 Å². The second-order valence-electron chi connectivity index (χ2n) is 4.62. The number of carbonyl (C=O) groups is 1. The zero-order valence-electron chi connectivity index (χ0n) is 10.1. The van der Waals surface area contributed by atoms with E-state index in [1.807, 2.05) is 18.2 Å². The highest BCUT2D eigenvalue weighted by Crippen LogP contribution is 2.46. The summed E-state index contributed by atoms with van der Waals surface area (Å²) in [5.41, 5.74) is 2.45. The van der Waals surface area contributed by atoms with Gasteiger partial charge in [-0.25, -0.2) is 0 Å². The molecule has 4 rings (SSSR count). The van der Waals surface area contributed by atoms with Crippen molar-refractivity contribution in [1.82, 2.24) is 0 Å². The van der Waals surface area contributed by atoms with Crippen LogP contribution in [0.2, 0.25) is 0 Å². The number of hydrogen-bond acceptors (Lipinski definition) is 4. The fraction of sp³-hybridized carbons (Fsp3) is 0. The van der Waals surface area contributed by atoms with E-state index >= 15 is 0 Å². The molecule has 5 heteroatoms. The van der Waals surface area contributed by atoms with Gasteiger partial charge in [0, 0.05) is 33.3 Å². The Morgan fingerprint density at radius 3 is 2.55 bits per heavy atom. The number of ketones is 1. The minimum atomic E-state index is -0.411. The Hall–Kier alpha value is -2.53. The van der Waals surface area contributed by atoms with Crippen molar-refractivity contribution in [2.75, 3.05) is 0 Å². The molecule has 4 nitrogen and oxygen atoms in total. The van der Waals surface area contributed by atoms with Crippen molar-refractivity contribution in [3.05, 3.63) is 63.0 Å². The number of nitrogens with zero attached hydrogens (tertiary/aromatic N) is 1. The van der Waals surface area contributed by atoms with Crippen molar-refractivity contribution < 1.29 is 9.72 Å². The Morgan fingerprint density at radius 2 is 1.80 bits per heavy atom.